The second-order valence-corrected chi connectivity index (χ2v) is 7.31. The van der Waals surface area contributed by atoms with Crippen molar-refractivity contribution in [3.63, 3.8) is 0 Å². The Kier molecular flexibility index (Phi) is 5.67. The Morgan fingerprint density at radius 2 is 1.83 bits per heavy atom. The third-order valence-corrected chi connectivity index (χ3v) is 5.41. The SMILES string of the molecule is CCCS(=O)(=O)c1ccccc1C(CC)C(C)Cl. The first-order valence-corrected chi connectivity index (χ1v) is 8.48. The number of sulfone groups is 1. The smallest absolute Gasteiger partial charge is 0.178 e. The fourth-order valence-electron chi connectivity index (χ4n) is 2.24. The first-order chi connectivity index (χ1) is 8.44. The van der Waals surface area contributed by atoms with Crippen LogP contribution >= 0.6 is 11.6 Å². The molecule has 4 heteroatoms. The maximum absolute atomic E-state index is 12.3. The zero-order valence-electron chi connectivity index (χ0n) is 11.2. The Labute approximate surface area is 115 Å². The highest BCUT2D eigenvalue weighted by molar-refractivity contribution is 7.91. The lowest BCUT2D eigenvalue weighted by molar-refractivity contribution is 0.586. The molecule has 2 nitrogen and oxygen atoms in total. The second-order valence-electron chi connectivity index (χ2n) is 4.55. The van der Waals surface area contributed by atoms with Crippen molar-refractivity contribution in [2.75, 3.05) is 5.75 Å². The first-order valence-electron chi connectivity index (χ1n) is 6.39. The molecule has 2 unspecified atom stereocenters. The van der Waals surface area contributed by atoms with Gasteiger partial charge in [0.1, 0.15) is 0 Å². The van der Waals surface area contributed by atoms with E-state index in [2.05, 4.69) is 0 Å². The van der Waals surface area contributed by atoms with Gasteiger partial charge in [-0.3, -0.25) is 0 Å². The number of alkyl halides is 1. The zero-order chi connectivity index (χ0) is 13.8. The summed E-state index contributed by atoms with van der Waals surface area (Å²) in [5, 5.41) is -0.0759. The van der Waals surface area contributed by atoms with Gasteiger partial charge < -0.3 is 0 Å². The molecule has 2 atom stereocenters. The molecule has 1 aromatic carbocycles. The van der Waals surface area contributed by atoms with E-state index in [0.29, 0.717) is 11.3 Å². The quantitative estimate of drug-likeness (QED) is 0.742. The van der Waals surface area contributed by atoms with Crippen LogP contribution in [0.25, 0.3) is 0 Å². The molecule has 0 bridgehead atoms. The van der Waals surface area contributed by atoms with Crippen LogP contribution in [-0.4, -0.2) is 19.5 Å². The van der Waals surface area contributed by atoms with E-state index in [1.54, 1.807) is 12.1 Å². The van der Waals surface area contributed by atoms with Crippen molar-refractivity contribution in [3.05, 3.63) is 29.8 Å². The molecule has 0 aliphatic heterocycles. The van der Waals surface area contributed by atoms with Crippen LogP contribution in [0.4, 0.5) is 0 Å². The highest BCUT2D eigenvalue weighted by atomic mass is 35.5. The third-order valence-electron chi connectivity index (χ3n) is 3.12. The Morgan fingerprint density at radius 1 is 1.22 bits per heavy atom. The van der Waals surface area contributed by atoms with Crippen LogP contribution in [0.1, 0.15) is 45.1 Å². The monoisotopic (exact) mass is 288 g/mol. The molecule has 18 heavy (non-hydrogen) atoms. The van der Waals surface area contributed by atoms with Gasteiger partial charge in [0.25, 0.3) is 0 Å². The summed E-state index contributed by atoms with van der Waals surface area (Å²) in [6, 6.07) is 7.23. The summed E-state index contributed by atoms with van der Waals surface area (Å²) in [5.41, 5.74) is 0.857. The van der Waals surface area contributed by atoms with E-state index in [1.165, 1.54) is 0 Å². The molecule has 0 aliphatic rings. The van der Waals surface area contributed by atoms with Crippen molar-refractivity contribution in [1.29, 1.82) is 0 Å². The number of halogens is 1. The summed E-state index contributed by atoms with van der Waals surface area (Å²) in [6.07, 6.45) is 1.47. The van der Waals surface area contributed by atoms with Gasteiger partial charge >= 0.3 is 0 Å². The summed E-state index contributed by atoms with van der Waals surface area (Å²) in [5.74, 6) is 0.270. The van der Waals surface area contributed by atoms with Crippen molar-refractivity contribution in [2.45, 2.75) is 49.8 Å². The summed E-state index contributed by atoms with van der Waals surface area (Å²) in [7, 11) is -3.19. The minimum atomic E-state index is -3.19. The molecular weight excluding hydrogens is 268 g/mol. The lowest BCUT2D eigenvalue weighted by atomic mass is 9.94. The lowest BCUT2D eigenvalue weighted by Gasteiger charge is -2.21. The topological polar surface area (TPSA) is 34.1 Å². The average molecular weight is 289 g/mol. The summed E-state index contributed by atoms with van der Waals surface area (Å²) >= 11 is 6.18. The van der Waals surface area contributed by atoms with Gasteiger partial charge in [0, 0.05) is 11.3 Å². The number of hydrogen-bond acceptors (Lipinski definition) is 2. The van der Waals surface area contributed by atoms with Crippen molar-refractivity contribution in [3.8, 4) is 0 Å². The molecule has 0 radical (unpaired) electrons. The molecule has 0 N–H and O–H groups in total. The van der Waals surface area contributed by atoms with Crippen molar-refractivity contribution in [1.82, 2.24) is 0 Å². The van der Waals surface area contributed by atoms with Crippen LogP contribution < -0.4 is 0 Å². The number of rotatable bonds is 6. The molecule has 0 spiro atoms. The number of benzene rings is 1. The van der Waals surface area contributed by atoms with E-state index in [9.17, 15) is 8.42 Å². The van der Waals surface area contributed by atoms with Gasteiger partial charge in [0.15, 0.2) is 9.84 Å². The van der Waals surface area contributed by atoms with Gasteiger partial charge in [-0.05, 0) is 31.4 Å². The molecule has 0 heterocycles. The van der Waals surface area contributed by atoms with Crippen LogP contribution in [0.15, 0.2) is 29.2 Å². The maximum atomic E-state index is 12.3. The van der Waals surface area contributed by atoms with E-state index < -0.39 is 9.84 Å². The minimum absolute atomic E-state index is 0.0759. The second kappa shape index (κ2) is 6.58. The van der Waals surface area contributed by atoms with Crippen LogP contribution in [0.2, 0.25) is 0 Å². The Morgan fingerprint density at radius 3 is 2.33 bits per heavy atom. The van der Waals surface area contributed by atoms with Gasteiger partial charge in [0.2, 0.25) is 0 Å². The molecule has 0 aromatic heterocycles. The Bertz CT molecular complexity index is 480. The van der Waals surface area contributed by atoms with E-state index in [-0.39, 0.29) is 17.0 Å². The van der Waals surface area contributed by atoms with Gasteiger partial charge in [-0.15, -0.1) is 11.6 Å². The van der Waals surface area contributed by atoms with Gasteiger partial charge in [-0.1, -0.05) is 32.0 Å². The van der Waals surface area contributed by atoms with Crippen molar-refractivity contribution >= 4 is 21.4 Å². The van der Waals surface area contributed by atoms with Gasteiger partial charge in [-0.25, -0.2) is 8.42 Å². The highest BCUT2D eigenvalue weighted by Gasteiger charge is 2.24. The normalized spacial score (nSPS) is 15.3. The molecule has 0 saturated heterocycles. The molecule has 1 aromatic rings. The van der Waals surface area contributed by atoms with Crippen LogP contribution in [-0.2, 0) is 9.84 Å². The largest absolute Gasteiger partial charge is 0.224 e. The van der Waals surface area contributed by atoms with E-state index in [0.717, 1.165) is 12.0 Å². The first kappa shape index (κ1) is 15.5. The third kappa shape index (κ3) is 3.48. The van der Waals surface area contributed by atoms with Crippen LogP contribution in [0.5, 0.6) is 0 Å². The van der Waals surface area contributed by atoms with E-state index >= 15 is 0 Å². The fraction of sp³-hybridized carbons (Fsp3) is 0.571. The zero-order valence-corrected chi connectivity index (χ0v) is 12.8. The summed E-state index contributed by atoms with van der Waals surface area (Å²) in [4.78, 5) is 0.450. The Balaban J connectivity index is 3.30. The molecule has 0 fully saturated rings. The number of hydrogen-bond donors (Lipinski definition) is 0. The maximum Gasteiger partial charge on any atom is 0.178 e. The van der Waals surface area contributed by atoms with Crippen LogP contribution in [0.3, 0.4) is 0 Å². The van der Waals surface area contributed by atoms with Gasteiger partial charge in [0.05, 0.1) is 10.6 Å². The molecule has 0 saturated carbocycles. The summed E-state index contributed by atoms with van der Waals surface area (Å²) < 4.78 is 24.5. The molecule has 0 aliphatic carbocycles. The molecule has 1 rings (SSSR count). The predicted molar refractivity (Wildman–Crippen MR) is 77.1 cm³/mol. The lowest BCUT2D eigenvalue weighted by Crippen LogP contribution is -2.15. The molecule has 0 amide bonds. The minimum Gasteiger partial charge on any atom is -0.224 e. The predicted octanol–water partition coefficient (Wildman–Crippen LogP) is 3.99. The summed E-state index contributed by atoms with van der Waals surface area (Å²) in [6.45, 7) is 5.83. The van der Waals surface area contributed by atoms with E-state index in [4.69, 9.17) is 11.6 Å². The highest BCUT2D eigenvalue weighted by Crippen LogP contribution is 2.32. The van der Waals surface area contributed by atoms with Crippen molar-refractivity contribution in [2.24, 2.45) is 0 Å². The van der Waals surface area contributed by atoms with Gasteiger partial charge in [-0.2, -0.15) is 0 Å². The average Bonchev–Trinajstić information content (AvgIpc) is 2.30. The Hall–Kier alpha value is -0.540. The van der Waals surface area contributed by atoms with Crippen LogP contribution in [0, 0.1) is 0 Å². The standard InChI is InChI=1S/C14H21ClO2S/c1-4-10-18(16,17)14-9-7-6-8-13(14)12(5-2)11(3)15/h6-9,11-12H,4-5,10H2,1-3H3. The van der Waals surface area contributed by atoms with E-state index in [1.807, 2.05) is 32.9 Å². The molecule has 102 valence electrons. The fourth-order valence-corrected chi connectivity index (χ4v) is 4.18. The molecular formula is C14H21ClO2S. The van der Waals surface area contributed by atoms with Crippen molar-refractivity contribution < 1.29 is 8.42 Å².